The van der Waals surface area contributed by atoms with Crippen molar-refractivity contribution in [2.45, 2.75) is 6.54 Å². The van der Waals surface area contributed by atoms with E-state index >= 15 is 0 Å². The predicted molar refractivity (Wildman–Crippen MR) is 117 cm³/mol. The molecule has 30 heavy (non-hydrogen) atoms. The Morgan fingerprint density at radius 1 is 0.933 bits per heavy atom. The number of primary amides is 1. The third kappa shape index (κ3) is 4.31. The molecule has 0 unspecified atom stereocenters. The van der Waals surface area contributed by atoms with E-state index < -0.39 is 5.91 Å². The summed E-state index contributed by atoms with van der Waals surface area (Å²) in [7, 11) is 1.76. The molecule has 0 bridgehead atoms. The second-order valence-corrected chi connectivity index (χ2v) is 7.87. The van der Waals surface area contributed by atoms with Crippen LogP contribution in [-0.2, 0) is 6.54 Å². The Bertz CT molecular complexity index is 1170. The zero-order chi connectivity index (χ0) is 21.1. The normalized spacial score (nSPS) is 10.7. The first kappa shape index (κ1) is 19.6. The Labute approximate surface area is 177 Å². The molecule has 0 spiro atoms. The first-order valence-electron chi connectivity index (χ1n) is 9.27. The van der Waals surface area contributed by atoms with E-state index in [4.69, 9.17) is 10.5 Å². The molecular weight excluding hydrogens is 398 g/mol. The molecule has 0 atom stereocenters. The lowest BCUT2D eigenvalue weighted by Crippen LogP contribution is -2.26. The molecule has 2 amide bonds. The van der Waals surface area contributed by atoms with Gasteiger partial charge in [-0.25, -0.2) is 4.98 Å². The molecule has 0 aliphatic carbocycles. The van der Waals surface area contributed by atoms with Crippen molar-refractivity contribution in [2.24, 2.45) is 5.73 Å². The second-order valence-electron chi connectivity index (χ2n) is 6.75. The summed E-state index contributed by atoms with van der Waals surface area (Å²) in [6, 6.07) is 21.4. The van der Waals surface area contributed by atoms with Crippen molar-refractivity contribution in [3.63, 3.8) is 0 Å². The number of nitrogens with zero attached hydrogens (tertiary/aromatic N) is 2. The lowest BCUT2D eigenvalue weighted by Gasteiger charge is -2.16. The van der Waals surface area contributed by atoms with Crippen molar-refractivity contribution >= 4 is 33.4 Å². The molecular formula is C23H19N3O3S. The van der Waals surface area contributed by atoms with Gasteiger partial charge in [-0.05, 0) is 60.7 Å². The van der Waals surface area contributed by atoms with Crippen molar-refractivity contribution < 1.29 is 14.3 Å². The monoisotopic (exact) mass is 417 g/mol. The molecule has 3 aromatic carbocycles. The Hall–Kier alpha value is -3.71. The molecule has 0 saturated carbocycles. The topological polar surface area (TPSA) is 85.5 Å². The van der Waals surface area contributed by atoms with Crippen molar-refractivity contribution in [1.82, 2.24) is 9.88 Å². The maximum Gasteiger partial charge on any atom is 0.253 e. The van der Waals surface area contributed by atoms with E-state index in [1.807, 2.05) is 24.3 Å². The van der Waals surface area contributed by atoms with Crippen molar-refractivity contribution in [3.8, 4) is 11.5 Å². The largest absolute Gasteiger partial charge is 0.457 e. The predicted octanol–water partition coefficient (Wildman–Crippen LogP) is 4.46. The molecule has 0 aliphatic rings. The van der Waals surface area contributed by atoms with Crippen LogP contribution in [-0.4, -0.2) is 28.7 Å². The standard InChI is InChI=1S/C23H19N3O3S/c1-26(14-21-25-19-4-2-3-5-20(19)30-21)23(28)16-8-12-18(13-9-16)29-17-10-6-15(7-11-17)22(24)27/h2-13H,14H2,1H3,(H2,24,27). The summed E-state index contributed by atoms with van der Waals surface area (Å²) in [5, 5.41) is 0.895. The highest BCUT2D eigenvalue weighted by Crippen LogP contribution is 2.24. The number of hydrogen-bond donors (Lipinski definition) is 1. The van der Waals surface area contributed by atoms with Crippen LogP contribution in [0.2, 0.25) is 0 Å². The van der Waals surface area contributed by atoms with E-state index in [0.29, 0.717) is 29.2 Å². The number of rotatable bonds is 6. The SMILES string of the molecule is CN(Cc1nc2ccccc2s1)C(=O)c1ccc(Oc2ccc(C(N)=O)cc2)cc1. The minimum Gasteiger partial charge on any atom is -0.457 e. The fourth-order valence-corrected chi connectivity index (χ4v) is 3.99. The second kappa shape index (κ2) is 8.34. The average molecular weight is 417 g/mol. The first-order chi connectivity index (χ1) is 14.5. The third-order valence-electron chi connectivity index (χ3n) is 4.53. The number of para-hydroxylation sites is 1. The van der Waals surface area contributed by atoms with Gasteiger partial charge in [0, 0.05) is 18.2 Å². The Balaban J connectivity index is 1.41. The number of benzene rings is 3. The van der Waals surface area contributed by atoms with Crippen LogP contribution in [0.3, 0.4) is 0 Å². The average Bonchev–Trinajstić information content (AvgIpc) is 3.16. The lowest BCUT2D eigenvalue weighted by molar-refractivity contribution is 0.0785. The molecule has 7 heteroatoms. The van der Waals surface area contributed by atoms with E-state index in [0.717, 1.165) is 15.2 Å². The van der Waals surface area contributed by atoms with Gasteiger partial charge in [0.2, 0.25) is 5.91 Å². The fraction of sp³-hybridized carbons (Fsp3) is 0.0870. The molecule has 0 aliphatic heterocycles. The van der Waals surface area contributed by atoms with E-state index in [-0.39, 0.29) is 5.91 Å². The van der Waals surface area contributed by atoms with Gasteiger partial charge in [0.1, 0.15) is 16.5 Å². The lowest BCUT2D eigenvalue weighted by atomic mass is 10.2. The van der Waals surface area contributed by atoms with Crippen LogP contribution in [0, 0.1) is 0 Å². The fourth-order valence-electron chi connectivity index (χ4n) is 2.97. The van der Waals surface area contributed by atoms with Crippen molar-refractivity contribution in [1.29, 1.82) is 0 Å². The summed E-state index contributed by atoms with van der Waals surface area (Å²) < 4.78 is 6.86. The molecule has 4 aromatic rings. The van der Waals surface area contributed by atoms with Crippen molar-refractivity contribution in [3.05, 3.63) is 88.9 Å². The zero-order valence-corrected chi connectivity index (χ0v) is 17.1. The number of ether oxygens (including phenoxy) is 1. The van der Waals surface area contributed by atoms with Crippen LogP contribution in [0.15, 0.2) is 72.8 Å². The Morgan fingerprint density at radius 2 is 1.53 bits per heavy atom. The molecule has 4 rings (SSSR count). The number of hydrogen-bond acceptors (Lipinski definition) is 5. The molecule has 2 N–H and O–H groups in total. The Kier molecular flexibility index (Phi) is 5.45. The number of amides is 2. The summed E-state index contributed by atoms with van der Waals surface area (Å²) in [5.74, 6) is 0.588. The minimum absolute atomic E-state index is 0.0911. The molecule has 0 fully saturated rings. The van der Waals surface area contributed by atoms with Gasteiger partial charge in [-0.3, -0.25) is 9.59 Å². The van der Waals surface area contributed by atoms with Crippen LogP contribution in [0.5, 0.6) is 11.5 Å². The number of carbonyl (C=O) groups excluding carboxylic acids is 2. The van der Waals surface area contributed by atoms with Gasteiger partial charge < -0.3 is 15.4 Å². The maximum absolute atomic E-state index is 12.8. The van der Waals surface area contributed by atoms with Crippen LogP contribution in [0.4, 0.5) is 0 Å². The van der Waals surface area contributed by atoms with E-state index in [1.165, 1.54) is 0 Å². The number of thiazole rings is 1. The molecule has 1 aromatic heterocycles. The van der Waals surface area contributed by atoms with Gasteiger partial charge in [0.05, 0.1) is 16.8 Å². The number of nitrogens with two attached hydrogens (primary N) is 1. The Morgan fingerprint density at radius 3 is 2.13 bits per heavy atom. The quantitative estimate of drug-likeness (QED) is 0.502. The van der Waals surface area contributed by atoms with Crippen molar-refractivity contribution in [2.75, 3.05) is 7.05 Å². The summed E-state index contributed by atoms with van der Waals surface area (Å²) in [5.41, 5.74) is 7.16. The van der Waals surface area contributed by atoms with E-state index in [2.05, 4.69) is 4.98 Å². The van der Waals surface area contributed by atoms with Gasteiger partial charge >= 0.3 is 0 Å². The van der Waals surface area contributed by atoms with Gasteiger partial charge in [-0.15, -0.1) is 11.3 Å². The van der Waals surface area contributed by atoms with E-state index in [9.17, 15) is 9.59 Å². The summed E-state index contributed by atoms with van der Waals surface area (Å²) in [6.07, 6.45) is 0. The third-order valence-corrected chi connectivity index (χ3v) is 5.55. The highest BCUT2D eigenvalue weighted by atomic mass is 32.1. The number of carbonyl (C=O) groups is 2. The zero-order valence-electron chi connectivity index (χ0n) is 16.2. The number of fused-ring (bicyclic) bond motifs is 1. The molecule has 0 saturated heterocycles. The maximum atomic E-state index is 12.8. The van der Waals surface area contributed by atoms with Gasteiger partial charge in [0.15, 0.2) is 0 Å². The minimum atomic E-state index is -0.487. The van der Waals surface area contributed by atoms with Crippen LogP contribution in [0.1, 0.15) is 25.7 Å². The molecule has 0 radical (unpaired) electrons. The summed E-state index contributed by atoms with van der Waals surface area (Å²) >= 11 is 1.59. The van der Waals surface area contributed by atoms with Gasteiger partial charge in [-0.1, -0.05) is 12.1 Å². The highest BCUT2D eigenvalue weighted by molar-refractivity contribution is 7.18. The smallest absolute Gasteiger partial charge is 0.253 e. The molecule has 1 heterocycles. The highest BCUT2D eigenvalue weighted by Gasteiger charge is 2.14. The molecule has 150 valence electrons. The summed E-state index contributed by atoms with van der Waals surface area (Å²) in [4.78, 5) is 30.1. The van der Waals surface area contributed by atoms with Crippen LogP contribution >= 0.6 is 11.3 Å². The van der Waals surface area contributed by atoms with Gasteiger partial charge in [-0.2, -0.15) is 0 Å². The first-order valence-corrected chi connectivity index (χ1v) is 10.1. The molecule has 6 nitrogen and oxygen atoms in total. The van der Waals surface area contributed by atoms with Crippen LogP contribution < -0.4 is 10.5 Å². The van der Waals surface area contributed by atoms with Crippen LogP contribution in [0.25, 0.3) is 10.2 Å². The van der Waals surface area contributed by atoms with E-state index in [1.54, 1.807) is 71.8 Å². The summed E-state index contributed by atoms with van der Waals surface area (Å²) in [6.45, 7) is 0.447. The van der Waals surface area contributed by atoms with Gasteiger partial charge in [0.25, 0.3) is 5.91 Å². The number of aromatic nitrogens is 1.